The second kappa shape index (κ2) is 5.62. The number of rotatable bonds is 6. The van der Waals surface area contributed by atoms with E-state index in [2.05, 4.69) is 9.46 Å². The molecule has 0 unspecified atom stereocenters. The molecule has 0 fully saturated rings. The zero-order chi connectivity index (χ0) is 11.2. The van der Waals surface area contributed by atoms with Crippen LogP contribution in [0.1, 0.15) is 20.8 Å². The number of methoxy groups -OCH3 is 1. The standard InChI is InChI=1S/C7H18N2O4S/c1-7(2,3)13-9-14(10,11)8-5-6-12-4/h8-9H,5-6H2,1-4H3. The lowest BCUT2D eigenvalue weighted by Gasteiger charge is -2.19. The third-order valence-electron chi connectivity index (χ3n) is 1.06. The summed E-state index contributed by atoms with van der Waals surface area (Å²) in [7, 11) is -2.10. The maximum absolute atomic E-state index is 11.1. The minimum absolute atomic E-state index is 0.208. The molecule has 2 N–H and O–H groups in total. The van der Waals surface area contributed by atoms with Crippen LogP contribution in [-0.4, -0.2) is 34.3 Å². The maximum atomic E-state index is 11.1. The molecule has 0 aliphatic heterocycles. The Labute approximate surface area is 85.1 Å². The highest BCUT2D eigenvalue weighted by atomic mass is 32.2. The minimum Gasteiger partial charge on any atom is -0.383 e. The van der Waals surface area contributed by atoms with E-state index in [4.69, 9.17) is 4.84 Å². The molecule has 0 saturated heterocycles. The van der Waals surface area contributed by atoms with E-state index in [9.17, 15) is 8.42 Å². The van der Waals surface area contributed by atoms with Gasteiger partial charge in [0, 0.05) is 13.7 Å². The van der Waals surface area contributed by atoms with Gasteiger partial charge in [-0.2, -0.15) is 13.1 Å². The molecule has 0 aliphatic carbocycles. The molecule has 0 heterocycles. The molecule has 0 aromatic rings. The van der Waals surface area contributed by atoms with E-state index in [0.29, 0.717) is 6.61 Å². The molecular formula is C7H18N2O4S. The molecular weight excluding hydrogens is 208 g/mol. The summed E-state index contributed by atoms with van der Waals surface area (Å²) in [6.45, 7) is 5.75. The topological polar surface area (TPSA) is 76.7 Å². The van der Waals surface area contributed by atoms with Crippen LogP contribution in [0.4, 0.5) is 0 Å². The smallest absolute Gasteiger partial charge is 0.299 e. The molecule has 0 amide bonds. The van der Waals surface area contributed by atoms with Crippen molar-refractivity contribution in [2.24, 2.45) is 0 Å². The molecule has 0 rings (SSSR count). The lowest BCUT2D eigenvalue weighted by Crippen LogP contribution is -2.41. The molecule has 0 aromatic carbocycles. The first-order chi connectivity index (χ1) is 6.27. The predicted octanol–water partition coefficient (Wildman–Crippen LogP) is -0.213. The Morgan fingerprint density at radius 1 is 1.29 bits per heavy atom. The summed E-state index contributed by atoms with van der Waals surface area (Å²) >= 11 is 0. The average Bonchev–Trinajstić information content (AvgIpc) is 2.00. The first-order valence-corrected chi connectivity index (χ1v) is 5.68. The zero-order valence-corrected chi connectivity index (χ0v) is 9.77. The van der Waals surface area contributed by atoms with E-state index < -0.39 is 15.8 Å². The fourth-order valence-electron chi connectivity index (χ4n) is 0.487. The van der Waals surface area contributed by atoms with Gasteiger partial charge in [0.2, 0.25) is 0 Å². The van der Waals surface area contributed by atoms with Gasteiger partial charge in [-0.15, -0.1) is 0 Å². The Morgan fingerprint density at radius 3 is 2.29 bits per heavy atom. The van der Waals surface area contributed by atoms with Crippen LogP contribution in [0.2, 0.25) is 0 Å². The molecule has 0 spiro atoms. The van der Waals surface area contributed by atoms with Crippen LogP contribution >= 0.6 is 0 Å². The van der Waals surface area contributed by atoms with Crippen molar-refractivity contribution in [2.75, 3.05) is 20.3 Å². The van der Waals surface area contributed by atoms with Gasteiger partial charge in [-0.05, 0) is 20.8 Å². The molecule has 0 radical (unpaired) electrons. The number of hydrogen-bond donors (Lipinski definition) is 2. The van der Waals surface area contributed by atoms with E-state index >= 15 is 0 Å². The largest absolute Gasteiger partial charge is 0.383 e. The maximum Gasteiger partial charge on any atom is 0.299 e. The Morgan fingerprint density at radius 2 is 1.86 bits per heavy atom. The molecule has 86 valence electrons. The lowest BCUT2D eigenvalue weighted by atomic mass is 10.2. The Bertz CT molecular complexity index is 245. The summed E-state index contributed by atoms with van der Waals surface area (Å²) in [6, 6.07) is 0. The van der Waals surface area contributed by atoms with Crippen molar-refractivity contribution in [2.45, 2.75) is 26.4 Å². The predicted molar refractivity (Wildman–Crippen MR) is 52.8 cm³/mol. The number of ether oxygens (including phenoxy) is 1. The highest BCUT2D eigenvalue weighted by molar-refractivity contribution is 7.87. The van der Waals surface area contributed by atoms with E-state index in [1.54, 1.807) is 20.8 Å². The second-order valence-electron chi connectivity index (χ2n) is 3.69. The fraction of sp³-hybridized carbons (Fsp3) is 1.00. The van der Waals surface area contributed by atoms with Gasteiger partial charge in [-0.25, -0.2) is 0 Å². The third-order valence-corrected chi connectivity index (χ3v) is 1.94. The quantitative estimate of drug-likeness (QED) is 0.485. The average molecular weight is 226 g/mol. The van der Waals surface area contributed by atoms with Crippen LogP contribution in [0.15, 0.2) is 0 Å². The SMILES string of the molecule is COCCNS(=O)(=O)NOC(C)(C)C. The second-order valence-corrected chi connectivity index (χ2v) is 5.15. The first-order valence-electron chi connectivity index (χ1n) is 4.20. The third kappa shape index (κ3) is 8.39. The molecule has 0 aromatic heterocycles. The van der Waals surface area contributed by atoms with E-state index in [1.807, 2.05) is 4.89 Å². The van der Waals surface area contributed by atoms with Gasteiger partial charge >= 0.3 is 0 Å². The minimum atomic E-state index is -3.59. The Hall–Kier alpha value is -0.210. The molecule has 0 bridgehead atoms. The molecule has 0 saturated carbocycles. The van der Waals surface area contributed by atoms with Crippen molar-refractivity contribution in [3.63, 3.8) is 0 Å². The first kappa shape index (κ1) is 13.8. The normalized spacial score (nSPS) is 13.1. The van der Waals surface area contributed by atoms with Crippen molar-refractivity contribution in [1.29, 1.82) is 0 Å². The summed E-state index contributed by atoms with van der Waals surface area (Å²) in [5.41, 5.74) is -0.560. The van der Waals surface area contributed by atoms with Crippen LogP contribution < -0.4 is 9.61 Å². The molecule has 0 aliphatic rings. The van der Waals surface area contributed by atoms with Crippen molar-refractivity contribution < 1.29 is 18.0 Å². The fourth-order valence-corrected chi connectivity index (χ4v) is 1.26. The van der Waals surface area contributed by atoms with Gasteiger partial charge < -0.3 is 4.74 Å². The van der Waals surface area contributed by atoms with Crippen LogP contribution in [0, 0.1) is 0 Å². The van der Waals surface area contributed by atoms with Gasteiger partial charge in [0.1, 0.15) is 0 Å². The highest BCUT2D eigenvalue weighted by Crippen LogP contribution is 2.03. The van der Waals surface area contributed by atoms with Gasteiger partial charge in [0.05, 0.1) is 12.2 Å². The van der Waals surface area contributed by atoms with Gasteiger partial charge in [0.25, 0.3) is 10.2 Å². The van der Waals surface area contributed by atoms with Crippen LogP contribution in [-0.2, 0) is 19.8 Å². The molecule has 0 atom stereocenters. The van der Waals surface area contributed by atoms with Gasteiger partial charge in [0.15, 0.2) is 0 Å². The summed E-state index contributed by atoms with van der Waals surface area (Å²) in [4.78, 5) is 6.85. The number of nitrogens with one attached hydrogen (secondary N) is 2. The van der Waals surface area contributed by atoms with Crippen molar-refractivity contribution in [3.8, 4) is 0 Å². The Kier molecular flexibility index (Phi) is 5.53. The molecule has 7 heteroatoms. The van der Waals surface area contributed by atoms with Crippen molar-refractivity contribution in [3.05, 3.63) is 0 Å². The van der Waals surface area contributed by atoms with E-state index in [-0.39, 0.29) is 6.54 Å². The van der Waals surface area contributed by atoms with E-state index in [0.717, 1.165) is 0 Å². The van der Waals surface area contributed by atoms with Crippen molar-refractivity contribution >= 4 is 10.2 Å². The number of hydrogen-bond acceptors (Lipinski definition) is 4. The molecule has 14 heavy (non-hydrogen) atoms. The molecule has 6 nitrogen and oxygen atoms in total. The summed E-state index contributed by atoms with van der Waals surface area (Å²) in [5.74, 6) is 0. The summed E-state index contributed by atoms with van der Waals surface area (Å²) in [5, 5.41) is 0. The van der Waals surface area contributed by atoms with Gasteiger partial charge in [-0.1, -0.05) is 4.89 Å². The zero-order valence-electron chi connectivity index (χ0n) is 8.96. The summed E-state index contributed by atoms with van der Waals surface area (Å²) in [6.07, 6.45) is 0. The monoisotopic (exact) mass is 226 g/mol. The highest BCUT2D eigenvalue weighted by Gasteiger charge is 2.16. The van der Waals surface area contributed by atoms with Crippen LogP contribution in [0.3, 0.4) is 0 Å². The Balaban J connectivity index is 3.85. The van der Waals surface area contributed by atoms with Crippen LogP contribution in [0.25, 0.3) is 0 Å². The van der Waals surface area contributed by atoms with Gasteiger partial charge in [-0.3, -0.25) is 4.84 Å². The van der Waals surface area contributed by atoms with E-state index in [1.165, 1.54) is 7.11 Å². The summed E-state index contributed by atoms with van der Waals surface area (Å²) < 4.78 is 29.2. The van der Waals surface area contributed by atoms with Crippen molar-refractivity contribution in [1.82, 2.24) is 9.61 Å². The lowest BCUT2D eigenvalue weighted by molar-refractivity contribution is -0.0363. The van der Waals surface area contributed by atoms with Crippen LogP contribution in [0.5, 0.6) is 0 Å².